The number of Topliss-reactive ketones (excluding diaryl/α,β-unsaturated/α-hetero) is 1. The third-order valence-corrected chi connectivity index (χ3v) is 5.39. The van der Waals surface area contributed by atoms with E-state index < -0.39 is 41.0 Å². The van der Waals surface area contributed by atoms with Gasteiger partial charge < -0.3 is 32.0 Å². The highest BCUT2D eigenvalue weighted by Crippen LogP contribution is 2.21. The normalized spacial score (nSPS) is 13.7. The third-order valence-electron chi connectivity index (χ3n) is 4.28. The van der Waals surface area contributed by atoms with Crippen LogP contribution in [0.25, 0.3) is 0 Å². The molecule has 0 bridgehead atoms. The standard InChI is InChI=1S/C18H27N5O7S/c19-4-3-12(24)6-10(5-11-7-21-9-22-11)18(30)31-8-14(17(28)29)23-15(25)2-1-13(20)16(26)27/h7,9-10,13-14H,1-6,8,19-20H2,(H,21,22)(H,23,25)(H,26,27)(H,28,29)/t10-,13?,14?/m1/s1. The molecule has 8 N–H and O–H groups in total. The van der Waals surface area contributed by atoms with Crippen molar-refractivity contribution >= 4 is 40.5 Å². The van der Waals surface area contributed by atoms with Gasteiger partial charge in [-0.2, -0.15) is 0 Å². The fraction of sp³-hybridized carbons (Fsp3) is 0.556. The number of nitrogens with one attached hydrogen (secondary N) is 2. The van der Waals surface area contributed by atoms with E-state index in [1.165, 1.54) is 12.5 Å². The van der Waals surface area contributed by atoms with Gasteiger partial charge >= 0.3 is 11.9 Å². The Morgan fingerprint density at radius 2 is 1.87 bits per heavy atom. The number of thioether (sulfide) groups is 1. The molecule has 0 fully saturated rings. The van der Waals surface area contributed by atoms with Crippen molar-refractivity contribution in [3.63, 3.8) is 0 Å². The Bertz CT molecular complexity index is 771. The number of carbonyl (C=O) groups is 5. The minimum atomic E-state index is -1.37. The maximum atomic E-state index is 12.7. The number of carbonyl (C=O) groups excluding carboxylic acids is 3. The molecule has 1 aromatic rings. The van der Waals surface area contributed by atoms with Gasteiger partial charge in [0.2, 0.25) is 5.91 Å². The number of aromatic nitrogens is 2. The Labute approximate surface area is 182 Å². The minimum absolute atomic E-state index is 0.0424. The summed E-state index contributed by atoms with van der Waals surface area (Å²) in [5, 5.41) is 19.9. The van der Waals surface area contributed by atoms with E-state index in [1.54, 1.807) is 0 Å². The molecule has 0 radical (unpaired) electrons. The lowest BCUT2D eigenvalue weighted by molar-refractivity contribution is -0.141. The summed E-state index contributed by atoms with van der Waals surface area (Å²) < 4.78 is 0. The fourth-order valence-corrected chi connectivity index (χ4v) is 3.53. The number of nitrogens with two attached hydrogens (primary N) is 2. The van der Waals surface area contributed by atoms with Crippen LogP contribution in [0, 0.1) is 5.92 Å². The summed E-state index contributed by atoms with van der Waals surface area (Å²) in [5.41, 5.74) is 11.3. The van der Waals surface area contributed by atoms with E-state index in [4.69, 9.17) is 16.6 Å². The van der Waals surface area contributed by atoms with E-state index in [2.05, 4.69) is 15.3 Å². The van der Waals surface area contributed by atoms with Crippen molar-refractivity contribution < 1.29 is 34.2 Å². The summed E-state index contributed by atoms with van der Waals surface area (Å²) in [5.74, 6) is -4.45. The molecule has 0 spiro atoms. The predicted octanol–water partition coefficient (Wildman–Crippen LogP) is -1.10. The van der Waals surface area contributed by atoms with E-state index in [-0.39, 0.29) is 50.2 Å². The Morgan fingerprint density at radius 1 is 1.16 bits per heavy atom. The predicted molar refractivity (Wildman–Crippen MR) is 111 cm³/mol. The number of aromatic amines is 1. The largest absolute Gasteiger partial charge is 0.480 e. The summed E-state index contributed by atoms with van der Waals surface area (Å²) in [4.78, 5) is 65.4. The number of carboxylic acid groups (broad SMARTS) is 2. The second-order valence-corrected chi connectivity index (χ2v) is 7.86. The number of amides is 1. The van der Waals surface area contributed by atoms with Crippen LogP contribution in [0.3, 0.4) is 0 Å². The van der Waals surface area contributed by atoms with E-state index in [0.717, 1.165) is 0 Å². The van der Waals surface area contributed by atoms with Gasteiger partial charge in [-0.15, -0.1) is 0 Å². The van der Waals surface area contributed by atoms with Gasteiger partial charge in [0.1, 0.15) is 17.9 Å². The van der Waals surface area contributed by atoms with Crippen LogP contribution in [0.4, 0.5) is 0 Å². The van der Waals surface area contributed by atoms with E-state index in [9.17, 15) is 29.1 Å². The van der Waals surface area contributed by atoms with Crippen molar-refractivity contribution in [2.24, 2.45) is 17.4 Å². The Kier molecular flexibility index (Phi) is 11.5. The number of hydrogen-bond acceptors (Lipinski definition) is 9. The number of H-pyrrole nitrogens is 1. The quantitative estimate of drug-likeness (QED) is 0.185. The lowest BCUT2D eigenvalue weighted by Crippen LogP contribution is -2.43. The van der Waals surface area contributed by atoms with Gasteiger partial charge in [0.15, 0.2) is 5.12 Å². The molecule has 0 saturated carbocycles. The number of hydrogen-bond donors (Lipinski definition) is 6. The summed E-state index contributed by atoms with van der Waals surface area (Å²) in [7, 11) is 0. The first kappa shape index (κ1) is 26.3. The van der Waals surface area contributed by atoms with Gasteiger partial charge in [-0.05, 0) is 13.0 Å². The molecule has 0 aromatic carbocycles. The van der Waals surface area contributed by atoms with Gasteiger partial charge in [0.05, 0.1) is 6.33 Å². The lowest BCUT2D eigenvalue weighted by atomic mass is 9.97. The zero-order valence-electron chi connectivity index (χ0n) is 16.8. The van der Waals surface area contributed by atoms with Gasteiger partial charge in [-0.3, -0.25) is 19.2 Å². The molecule has 172 valence electrons. The number of carboxylic acids is 2. The molecule has 2 unspecified atom stereocenters. The highest BCUT2D eigenvalue weighted by Gasteiger charge is 2.27. The van der Waals surface area contributed by atoms with Crippen molar-refractivity contribution in [2.75, 3.05) is 12.3 Å². The highest BCUT2D eigenvalue weighted by atomic mass is 32.2. The Morgan fingerprint density at radius 3 is 2.42 bits per heavy atom. The van der Waals surface area contributed by atoms with Crippen LogP contribution in [0.5, 0.6) is 0 Å². The Hall–Kier alpha value is -2.77. The molecule has 13 heteroatoms. The molecule has 0 aliphatic heterocycles. The molecule has 3 atom stereocenters. The van der Waals surface area contributed by atoms with Crippen LogP contribution in [-0.4, -0.2) is 73.3 Å². The van der Waals surface area contributed by atoms with Crippen molar-refractivity contribution in [2.45, 2.75) is 44.2 Å². The number of ketones is 1. The van der Waals surface area contributed by atoms with Crippen LogP contribution in [0.2, 0.25) is 0 Å². The van der Waals surface area contributed by atoms with Crippen molar-refractivity contribution in [1.29, 1.82) is 0 Å². The maximum Gasteiger partial charge on any atom is 0.327 e. The molecule has 1 amide bonds. The lowest BCUT2D eigenvalue weighted by Gasteiger charge is -2.17. The monoisotopic (exact) mass is 457 g/mol. The van der Waals surface area contributed by atoms with Crippen LogP contribution < -0.4 is 16.8 Å². The molecule has 1 heterocycles. The summed E-state index contributed by atoms with van der Waals surface area (Å²) >= 11 is 0.703. The zero-order chi connectivity index (χ0) is 23.4. The second kappa shape index (κ2) is 13.5. The Balaban J connectivity index is 2.67. The molecule has 12 nitrogen and oxygen atoms in total. The number of nitrogens with zero attached hydrogens (tertiary/aromatic N) is 1. The first-order valence-corrected chi connectivity index (χ1v) is 10.5. The van der Waals surface area contributed by atoms with E-state index >= 15 is 0 Å². The van der Waals surface area contributed by atoms with Gasteiger partial charge in [0, 0.05) is 49.2 Å². The van der Waals surface area contributed by atoms with Crippen LogP contribution in [-0.2, 0) is 30.4 Å². The molecule has 0 saturated heterocycles. The topological polar surface area (TPSA) is 219 Å². The minimum Gasteiger partial charge on any atom is -0.480 e. The fourth-order valence-electron chi connectivity index (χ4n) is 2.57. The summed E-state index contributed by atoms with van der Waals surface area (Å²) in [6.45, 7) is 0.162. The summed E-state index contributed by atoms with van der Waals surface area (Å²) in [6.07, 6.45) is 2.85. The average Bonchev–Trinajstić information content (AvgIpc) is 3.21. The number of rotatable bonds is 15. The van der Waals surface area contributed by atoms with Crippen molar-refractivity contribution in [3.8, 4) is 0 Å². The SMILES string of the molecule is NCCC(=O)C[C@@H](Cc1cnc[nH]1)C(=O)SCC(NC(=O)CCC(N)C(=O)O)C(=O)O. The second-order valence-electron chi connectivity index (χ2n) is 6.83. The highest BCUT2D eigenvalue weighted by molar-refractivity contribution is 8.13. The molecule has 31 heavy (non-hydrogen) atoms. The van der Waals surface area contributed by atoms with E-state index in [0.29, 0.717) is 17.5 Å². The van der Waals surface area contributed by atoms with Crippen LogP contribution in [0.1, 0.15) is 31.4 Å². The smallest absolute Gasteiger partial charge is 0.327 e. The van der Waals surface area contributed by atoms with Crippen molar-refractivity contribution in [1.82, 2.24) is 15.3 Å². The van der Waals surface area contributed by atoms with Crippen molar-refractivity contribution in [3.05, 3.63) is 18.2 Å². The first-order chi connectivity index (χ1) is 14.6. The molecular formula is C18H27N5O7S. The number of aliphatic carboxylic acids is 2. The van der Waals surface area contributed by atoms with E-state index in [1.807, 2.05) is 0 Å². The van der Waals surface area contributed by atoms with Crippen LogP contribution >= 0.6 is 11.8 Å². The molecular weight excluding hydrogens is 430 g/mol. The van der Waals surface area contributed by atoms with Gasteiger partial charge in [-0.25, -0.2) is 9.78 Å². The molecule has 1 rings (SSSR count). The molecule has 0 aliphatic carbocycles. The first-order valence-electron chi connectivity index (χ1n) is 9.50. The number of imidazole rings is 1. The van der Waals surface area contributed by atoms with Crippen LogP contribution in [0.15, 0.2) is 12.5 Å². The third kappa shape index (κ3) is 10.2. The molecule has 1 aromatic heterocycles. The van der Waals surface area contributed by atoms with Gasteiger partial charge in [0.25, 0.3) is 0 Å². The molecule has 0 aliphatic rings. The zero-order valence-corrected chi connectivity index (χ0v) is 17.6. The van der Waals surface area contributed by atoms with Gasteiger partial charge in [-0.1, -0.05) is 11.8 Å². The summed E-state index contributed by atoms with van der Waals surface area (Å²) in [6, 6.07) is -2.60. The average molecular weight is 458 g/mol. The maximum absolute atomic E-state index is 12.7.